The van der Waals surface area contributed by atoms with Crippen LogP contribution in [-0.4, -0.2) is 23.2 Å². The number of carbonyl (C=O) groups excluding carboxylic acids is 1. The summed E-state index contributed by atoms with van der Waals surface area (Å²) in [5.41, 5.74) is 1.09. The SMILES string of the molecule is COc1cc(/C=C2\NC(=S)NC2=O)ccc1O. The lowest BCUT2D eigenvalue weighted by Crippen LogP contribution is -2.21. The molecule has 0 radical (unpaired) electrons. The lowest BCUT2D eigenvalue weighted by Gasteiger charge is -2.04. The minimum Gasteiger partial charge on any atom is -0.504 e. The molecule has 0 atom stereocenters. The molecule has 1 aromatic rings. The second-order valence-corrected chi connectivity index (χ2v) is 3.81. The predicted molar refractivity (Wildman–Crippen MR) is 66.5 cm³/mol. The van der Waals surface area contributed by atoms with Crippen LogP contribution in [0.5, 0.6) is 11.5 Å². The molecule has 0 unspecified atom stereocenters. The Morgan fingerprint density at radius 1 is 1.41 bits per heavy atom. The van der Waals surface area contributed by atoms with Crippen LogP contribution in [-0.2, 0) is 4.79 Å². The van der Waals surface area contributed by atoms with Gasteiger partial charge in [0.2, 0.25) is 0 Å². The third-order valence-corrected chi connectivity index (χ3v) is 2.44. The first-order valence-electron chi connectivity index (χ1n) is 4.81. The number of carbonyl (C=O) groups is 1. The zero-order valence-electron chi connectivity index (χ0n) is 8.98. The summed E-state index contributed by atoms with van der Waals surface area (Å²) >= 11 is 4.81. The van der Waals surface area contributed by atoms with E-state index in [1.165, 1.54) is 13.2 Å². The molecule has 1 aromatic carbocycles. The average Bonchev–Trinajstić information content (AvgIpc) is 2.60. The van der Waals surface area contributed by atoms with Crippen LogP contribution in [0.2, 0.25) is 0 Å². The monoisotopic (exact) mass is 250 g/mol. The summed E-state index contributed by atoms with van der Waals surface area (Å²) in [6, 6.07) is 4.79. The van der Waals surface area contributed by atoms with Crippen molar-refractivity contribution < 1.29 is 14.6 Å². The number of hydrogen-bond donors (Lipinski definition) is 3. The molecule has 0 aromatic heterocycles. The van der Waals surface area contributed by atoms with E-state index in [1.54, 1.807) is 18.2 Å². The first kappa shape index (κ1) is 11.4. The lowest BCUT2D eigenvalue weighted by atomic mass is 10.1. The molecule has 6 heteroatoms. The Morgan fingerprint density at radius 3 is 2.76 bits per heavy atom. The molecule has 0 bridgehead atoms. The van der Waals surface area contributed by atoms with Gasteiger partial charge in [-0.25, -0.2) is 0 Å². The first-order chi connectivity index (χ1) is 8.10. The fourth-order valence-corrected chi connectivity index (χ4v) is 1.64. The van der Waals surface area contributed by atoms with Crippen molar-refractivity contribution in [2.45, 2.75) is 0 Å². The third-order valence-electron chi connectivity index (χ3n) is 2.23. The predicted octanol–water partition coefficient (Wildman–Crippen LogP) is 0.746. The maximum Gasteiger partial charge on any atom is 0.273 e. The fraction of sp³-hybridized carbons (Fsp3) is 0.0909. The van der Waals surface area contributed by atoms with E-state index in [1.807, 2.05) is 0 Å². The summed E-state index contributed by atoms with van der Waals surface area (Å²) in [6.45, 7) is 0. The quantitative estimate of drug-likeness (QED) is 0.533. The Hall–Kier alpha value is -2.08. The van der Waals surface area contributed by atoms with E-state index >= 15 is 0 Å². The van der Waals surface area contributed by atoms with Crippen LogP contribution < -0.4 is 15.4 Å². The molecular weight excluding hydrogens is 240 g/mol. The summed E-state index contributed by atoms with van der Waals surface area (Å²) in [7, 11) is 1.46. The number of phenols is 1. The lowest BCUT2D eigenvalue weighted by molar-refractivity contribution is -0.115. The largest absolute Gasteiger partial charge is 0.504 e. The van der Waals surface area contributed by atoms with Gasteiger partial charge in [0.05, 0.1) is 7.11 Å². The van der Waals surface area contributed by atoms with E-state index in [2.05, 4.69) is 10.6 Å². The molecule has 5 nitrogen and oxygen atoms in total. The molecule has 1 aliphatic heterocycles. The van der Waals surface area contributed by atoms with Gasteiger partial charge in [-0.1, -0.05) is 6.07 Å². The van der Waals surface area contributed by atoms with Crippen molar-refractivity contribution in [3.63, 3.8) is 0 Å². The molecule has 0 spiro atoms. The highest BCUT2D eigenvalue weighted by Gasteiger charge is 2.19. The fourth-order valence-electron chi connectivity index (χ4n) is 1.43. The van der Waals surface area contributed by atoms with E-state index in [0.717, 1.165) is 5.56 Å². The minimum atomic E-state index is -0.276. The van der Waals surface area contributed by atoms with Gasteiger partial charge in [0.15, 0.2) is 16.6 Å². The Morgan fingerprint density at radius 2 is 2.18 bits per heavy atom. The first-order valence-corrected chi connectivity index (χ1v) is 5.22. The van der Waals surface area contributed by atoms with Crippen molar-refractivity contribution in [3.05, 3.63) is 29.5 Å². The van der Waals surface area contributed by atoms with Gasteiger partial charge < -0.3 is 15.2 Å². The molecule has 17 heavy (non-hydrogen) atoms. The van der Waals surface area contributed by atoms with Crippen molar-refractivity contribution in [3.8, 4) is 11.5 Å². The Labute approximate surface area is 103 Å². The standard InChI is InChI=1S/C11H10N2O3S/c1-16-9-5-6(2-3-8(9)14)4-7-10(15)13-11(17)12-7/h2-5,14H,1H3,(H2,12,13,15,17)/b7-4-. The smallest absolute Gasteiger partial charge is 0.273 e. The molecule has 1 fully saturated rings. The van der Waals surface area contributed by atoms with E-state index in [0.29, 0.717) is 11.4 Å². The van der Waals surface area contributed by atoms with Gasteiger partial charge in [-0.05, 0) is 36.0 Å². The average molecular weight is 250 g/mol. The number of rotatable bonds is 2. The highest BCUT2D eigenvalue weighted by atomic mass is 32.1. The third kappa shape index (κ3) is 2.36. The number of benzene rings is 1. The molecule has 2 rings (SSSR count). The summed E-state index contributed by atoms with van der Waals surface area (Å²) in [4.78, 5) is 11.4. The molecule has 1 saturated heterocycles. The molecule has 1 amide bonds. The van der Waals surface area contributed by atoms with Gasteiger partial charge in [-0.2, -0.15) is 0 Å². The second kappa shape index (κ2) is 4.42. The molecule has 88 valence electrons. The van der Waals surface area contributed by atoms with Crippen molar-refractivity contribution in [1.29, 1.82) is 0 Å². The maximum atomic E-state index is 11.4. The highest BCUT2D eigenvalue weighted by Crippen LogP contribution is 2.27. The van der Waals surface area contributed by atoms with E-state index < -0.39 is 0 Å². The molecule has 0 saturated carbocycles. The number of amides is 1. The number of aromatic hydroxyl groups is 1. The number of nitrogens with one attached hydrogen (secondary N) is 2. The normalized spacial score (nSPS) is 16.9. The van der Waals surface area contributed by atoms with Crippen LogP contribution in [0.25, 0.3) is 6.08 Å². The van der Waals surface area contributed by atoms with Crippen molar-refractivity contribution in [1.82, 2.24) is 10.6 Å². The van der Waals surface area contributed by atoms with Crippen LogP contribution in [0.4, 0.5) is 0 Å². The molecule has 1 aliphatic rings. The maximum absolute atomic E-state index is 11.4. The molecule has 0 aliphatic carbocycles. The van der Waals surface area contributed by atoms with Gasteiger partial charge in [0.1, 0.15) is 5.70 Å². The summed E-state index contributed by atoms with van der Waals surface area (Å²) in [5.74, 6) is 0.122. The zero-order chi connectivity index (χ0) is 12.4. The number of methoxy groups -OCH3 is 1. The van der Waals surface area contributed by atoms with Crippen LogP contribution in [0, 0.1) is 0 Å². The van der Waals surface area contributed by atoms with Gasteiger partial charge in [0.25, 0.3) is 5.91 Å². The number of phenolic OH excluding ortho intramolecular Hbond substituents is 1. The van der Waals surface area contributed by atoms with Crippen molar-refractivity contribution in [2.75, 3.05) is 7.11 Å². The molecule has 1 heterocycles. The highest BCUT2D eigenvalue weighted by molar-refractivity contribution is 7.80. The van der Waals surface area contributed by atoms with Crippen molar-refractivity contribution in [2.24, 2.45) is 0 Å². The van der Waals surface area contributed by atoms with Crippen LogP contribution in [0.3, 0.4) is 0 Å². The number of ether oxygens (including phenoxy) is 1. The summed E-state index contributed by atoms with van der Waals surface area (Å²) < 4.78 is 4.97. The Bertz CT molecular complexity index is 525. The second-order valence-electron chi connectivity index (χ2n) is 3.40. The van der Waals surface area contributed by atoms with Crippen molar-refractivity contribution >= 4 is 29.3 Å². The van der Waals surface area contributed by atoms with Crippen LogP contribution >= 0.6 is 12.2 Å². The Kier molecular flexibility index (Phi) is 2.97. The summed E-state index contributed by atoms with van der Waals surface area (Å²) in [6.07, 6.45) is 1.62. The molecule has 3 N–H and O–H groups in total. The van der Waals surface area contributed by atoms with E-state index in [-0.39, 0.29) is 16.8 Å². The number of hydrogen-bond acceptors (Lipinski definition) is 4. The van der Waals surface area contributed by atoms with E-state index in [9.17, 15) is 9.90 Å². The van der Waals surface area contributed by atoms with Gasteiger partial charge in [-0.3, -0.25) is 10.1 Å². The van der Waals surface area contributed by atoms with Gasteiger partial charge in [0, 0.05) is 0 Å². The number of thiocarbonyl (C=S) groups is 1. The topological polar surface area (TPSA) is 70.6 Å². The Balaban J connectivity index is 2.33. The summed E-state index contributed by atoms with van der Waals surface area (Å²) in [5, 5.41) is 14.9. The van der Waals surface area contributed by atoms with Crippen LogP contribution in [0.15, 0.2) is 23.9 Å². The molecular formula is C11H10N2O3S. The minimum absolute atomic E-state index is 0.0500. The van der Waals surface area contributed by atoms with E-state index in [4.69, 9.17) is 17.0 Å². The zero-order valence-corrected chi connectivity index (χ0v) is 9.80. The van der Waals surface area contributed by atoms with Gasteiger partial charge >= 0.3 is 0 Å². The van der Waals surface area contributed by atoms with Crippen LogP contribution in [0.1, 0.15) is 5.56 Å². The van der Waals surface area contributed by atoms with Gasteiger partial charge in [-0.15, -0.1) is 0 Å².